The van der Waals surface area contributed by atoms with Crippen molar-refractivity contribution in [2.45, 2.75) is 32.6 Å². The Labute approximate surface area is 193 Å². The van der Waals surface area contributed by atoms with Crippen molar-refractivity contribution >= 4 is 17.2 Å². The molecule has 32 heavy (non-hydrogen) atoms. The number of rotatable bonds is 10. The number of piperazine rings is 1. The van der Waals surface area contributed by atoms with Gasteiger partial charge >= 0.3 is 0 Å². The van der Waals surface area contributed by atoms with Gasteiger partial charge in [-0.25, -0.2) is 0 Å². The highest BCUT2D eigenvalue weighted by Gasteiger charge is 2.21. The lowest BCUT2D eigenvalue weighted by Crippen LogP contribution is -2.48. The van der Waals surface area contributed by atoms with Crippen LogP contribution in [0.25, 0.3) is 10.7 Å². The highest BCUT2D eigenvalue weighted by molar-refractivity contribution is 7.13. The van der Waals surface area contributed by atoms with Gasteiger partial charge < -0.3 is 14.2 Å². The molecule has 7 nitrogen and oxygen atoms in total. The molecule has 8 heteroatoms. The van der Waals surface area contributed by atoms with Crippen LogP contribution in [0.5, 0.6) is 5.75 Å². The second-order valence-corrected chi connectivity index (χ2v) is 8.84. The largest absolute Gasteiger partial charge is 0.494 e. The Balaban J connectivity index is 1.13. The van der Waals surface area contributed by atoms with E-state index < -0.39 is 0 Å². The zero-order valence-electron chi connectivity index (χ0n) is 18.5. The molecule has 0 bridgehead atoms. The van der Waals surface area contributed by atoms with Crippen molar-refractivity contribution in [3.05, 3.63) is 53.2 Å². The van der Waals surface area contributed by atoms with Gasteiger partial charge in [-0.05, 0) is 55.5 Å². The first-order chi connectivity index (χ1) is 15.7. The molecule has 1 aromatic carbocycles. The highest BCUT2D eigenvalue weighted by atomic mass is 32.1. The number of amides is 1. The molecule has 2 aromatic heterocycles. The molecule has 4 rings (SSSR count). The van der Waals surface area contributed by atoms with Crippen LogP contribution in [-0.2, 0) is 17.6 Å². The third-order valence-corrected chi connectivity index (χ3v) is 6.53. The van der Waals surface area contributed by atoms with Crippen molar-refractivity contribution in [1.82, 2.24) is 19.9 Å². The minimum Gasteiger partial charge on any atom is -0.494 e. The van der Waals surface area contributed by atoms with Gasteiger partial charge in [-0.3, -0.25) is 9.69 Å². The molecule has 1 aliphatic rings. The van der Waals surface area contributed by atoms with Crippen molar-refractivity contribution in [1.29, 1.82) is 0 Å². The molecule has 0 N–H and O–H groups in total. The third-order valence-electron chi connectivity index (χ3n) is 5.66. The predicted octanol–water partition coefficient (Wildman–Crippen LogP) is 3.91. The van der Waals surface area contributed by atoms with E-state index in [0.29, 0.717) is 24.7 Å². The predicted molar refractivity (Wildman–Crippen MR) is 125 cm³/mol. The fourth-order valence-electron chi connectivity index (χ4n) is 3.87. The summed E-state index contributed by atoms with van der Waals surface area (Å²) in [4.78, 5) is 22.5. The molecule has 0 aliphatic carbocycles. The first-order valence-electron chi connectivity index (χ1n) is 11.3. The van der Waals surface area contributed by atoms with E-state index in [1.165, 1.54) is 5.56 Å². The fourth-order valence-corrected chi connectivity index (χ4v) is 4.51. The molecule has 0 radical (unpaired) electrons. The molecule has 3 heterocycles. The minimum absolute atomic E-state index is 0.241. The first kappa shape index (κ1) is 22.5. The summed E-state index contributed by atoms with van der Waals surface area (Å²) in [7, 11) is 0. The Morgan fingerprint density at radius 1 is 1.12 bits per heavy atom. The van der Waals surface area contributed by atoms with E-state index >= 15 is 0 Å². The number of ether oxygens (including phenoxy) is 1. The van der Waals surface area contributed by atoms with Crippen LogP contribution >= 0.6 is 11.3 Å². The number of hydrogen-bond donors (Lipinski definition) is 0. The summed E-state index contributed by atoms with van der Waals surface area (Å²) in [6.45, 7) is 7.04. The monoisotopic (exact) mass is 454 g/mol. The minimum atomic E-state index is 0.241. The molecule has 0 spiro atoms. The van der Waals surface area contributed by atoms with Crippen molar-refractivity contribution in [3.8, 4) is 16.5 Å². The number of carbonyl (C=O) groups is 1. The molecule has 170 valence electrons. The number of aryl methyl sites for hydroxylation is 2. The van der Waals surface area contributed by atoms with Crippen LogP contribution in [0.3, 0.4) is 0 Å². The number of thiophene rings is 1. The Kier molecular flexibility index (Phi) is 7.90. The summed E-state index contributed by atoms with van der Waals surface area (Å²) in [6, 6.07) is 12.0. The highest BCUT2D eigenvalue weighted by Crippen LogP contribution is 2.21. The molecule has 1 aliphatic heterocycles. The van der Waals surface area contributed by atoms with Crippen LogP contribution in [0.4, 0.5) is 0 Å². The van der Waals surface area contributed by atoms with Gasteiger partial charge in [0.2, 0.25) is 17.6 Å². The SMILES string of the molecule is CCOc1ccc(CCC(=O)N2CCN(CCCc3nc(-c4cccs4)no3)CC2)cc1. The van der Waals surface area contributed by atoms with Crippen LogP contribution in [-0.4, -0.2) is 65.2 Å². The van der Waals surface area contributed by atoms with Gasteiger partial charge in [-0.15, -0.1) is 11.3 Å². The fraction of sp³-hybridized carbons (Fsp3) is 0.458. The second-order valence-electron chi connectivity index (χ2n) is 7.89. The van der Waals surface area contributed by atoms with Gasteiger partial charge in [0.25, 0.3) is 0 Å². The summed E-state index contributed by atoms with van der Waals surface area (Å²) < 4.78 is 10.8. The molecule has 1 saturated heterocycles. The smallest absolute Gasteiger partial charge is 0.227 e. The standard InChI is InChI=1S/C24H30N4O3S/c1-2-30-20-10-7-19(8-11-20)9-12-23(29)28-16-14-27(15-17-28)13-3-6-22-25-24(26-31-22)21-5-4-18-32-21/h4-5,7-8,10-11,18H,2-3,6,9,12-17H2,1H3. The molecule has 0 saturated carbocycles. The number of aromatic nitrogens is 2. The molecule has 1 fully saturated rings. The van der Waals surface area contributed by atoms with Crippen LogP contribution < -0.4 is 4.74 Å². The maximum Gasteiger partial charge on any atom is 0.227 e. The van der Waals surface area contributed by atoms with Crippen LogP contribution in [0, 0.1) is 0 Å². The summed E-state index contributed by atoms with van der Waals surface area (Å²) in [5.74, 6) is 2.48. The Bertz CT molecular complexity index is 964. The lowest BCUT2D eigenvalue weighted by Gasteiger charge is -2.34. The van der Waals surface area contributed by atoms with Crippen LogP contribution in [0.15, 0.2) is 46.3 Å². The number of hydrogen-bond acceptors (Lipinski definition) is 7. The van der Waals surface area contributed by atoms with Crippen LogP contribution in [0.2, 0.25) is 0 Å². The zero-order valence-corrected chi connectivity index (χ0v) is 19.4. The Hall–Kier alpha value is -2.71. The van der Waals surface area contributed by atoms with Crippen LogP contribution in [0.1, 0.15) is 31.2 Å². The van der Waals surface area contributed by atoms with Gasteiger partial charge in [0.05, 0.1) is 11.5 Å². The molecule has 0 atom stereocenters. The molecule has 3 aromatic rings. The second kappa shape index (κ2) is 11.2. The van der Waals surface area contributed by atoms with Gasteiger partial charge in [-0.1, -0.05) is 23.4 Å². The Morgan fingerprint density at radius 2 is 1.94 bits per heavy atom. The number of nitrogens with zero attached hydrogens (tertiary/aromatic N) is 4. The van der Waals surface area contributed by atoms with Crippen molar-refractivity contribution in [2.75, 3.05) is 39.3 Å². The van der Waals surface area contributed by atoms with Gasteiger partial charge in [0.1, 0.15) is 5.75 Å². The average molecular weight is 455 g/mol. The van der Waals surface area contributed by atoms with Crippen molar-refractivity contribution in [2.24, 2.45) is 0 Å². The lowest BCUT2D eigenvalue weighted by molar-refractivity contribution is -0.132. The zero-order chi connectivity index (χ0) is 22.2. The average Bonchev–Trinajstić information content (AvgIpc) is 3.51. The van der Waals surface area contributed by atoms with Gasteiger partial charge in [0, 0.05) is 39.0 Å². The number of benzene rings is 1. The lowest BCUT2D eigenvalue weighted by atomic mass is 10.1. The first-order valence-corrected chi connectivity index (χ1v) is 12.2. The van der Waals surface area contributed by atoms with E-state index in [1.54, 1.807) is 11.3 Å². The Morgan fingerprint density at radius 3 is 2.66 bits per heavy atom. The van der Waals surface area contributed by atoms with E-state index in [9.17, 15) is 4.79 Å². The normalized spacial score (nSPS) is 14.6. The quantitative estimate of drug-likeness (QED) is 0.463. The summed E-state index contributed by atoms with van der Waals surface area (Å²) >= 11 is 1.61. The number of carbonyl (C=O) groups excluding carboxylic acids is 1. The molecular formula is C24H30N4O3S. The van der Waals surface area contributed by atoms with E-state index in [-0.39, 0.29) is 5.91 Å². The summed E-state index contributed by atoms with van der Waals surface area (Å²) in [5, 5.41) is 6.08. The summed E-state index contributed by atoms with van der Waals surface area (Å²) in [6.07, 6.45) is 3.07. The topological polar surface area (TPSA) is 71.7 Å². The molecular weight excluding hydrogens is 424 g/mol. The maximum atomic E-state index is 12.6. The van der Waals surface area contributed by atoms with E-state index in [4.69, 9.17) is 9.26 Å². The summed E-state index contributed by atoms with van der Waals surface area (Å²) in [5.41, 5.74) is 1.17. The molecule has 1 amide bonds. The maximum absolute atomic E-state index is 12.6. The molecule has 0 unspecified atom stereocenters. The van der Waals surface area contributed by atoms with Crippen molar-refractivity contribution < 1.29 is 14.1 Å². The third kappa shape index (κ3) is 6.17. The van der Waals surface area contributed by atoms with Gasteiger partial charge in [0.15, 0.2) is 0 Å². The van der Waals surface area contributed by atoms with E-state index in [1.807, 2.05) is 53.6 Å². The van der Waals surface area contributed by atoms with Crippen molar-refractivity contribution in [3.63, 3.8) is 0 Å². The van der Waals surface area contributed by atoms with E-state index in [2.05, 4.69) is 15.0 Å². The van der Waals surface area contributed by atoms with Gasteiger partial charge in [-0.2, -0.15) is 4.98 Å². The van der Waals surface area contributed by atoms with E-state index in [0.717, 1.165) is 62.6 Å².